The average molecular weight is 669 g/mol. The molecule has 0 spiro atoms. The molecule has 0 aromatic carbocycles. The van der Waals surface area contributed by atoms with E-state index in [9.17, 15) is 28.4 Å². The molecule has 1 aliphatic carbocycles. The molecular weight excluding hydrogens is 630 g/mol. The summed E-state index contributed by atoms with van der Waals surface area (Å²) in [7, 11) is -3.62. The standard InChI is InChI=1S/C28H38N6O6S.H2O.Zn/c1-13-9-14(2)23(15(3)10-13)28(37)40-24-17(5)22(32-26(24)30-19(7)35)11-21-16(4)20(12-29)25(31-21)33-27(36)18(6)34-41(8,38)39;;/h11,13-15,18,23,34H,9-10H2,1-8H3,(H3,30,31,32,33,35,36);1H2;/p-1. The molecule has 3 unspecified atom stereocenters. The van der Waals surface area contributed by atoms with Gasteiger partial charge in [-0.2, -0.15) is 10.3 Å². The van der Waals surface area contributed by atoms with Gasteiger partial charge < -0.3 is 25.6 Å². The number of rotatable bonds is 7. The van der Waals surface area contributed by atoms with Crippen molar-refractivity contribution < 1.29 is 52.8 Å². The second-order valence-electron chi connectivity index (χ2n) is 11.1. The number of nitrogens with one attached hydrogen (secondary N) is 2. The predicted octanol–water partition coefficient (Wildman–Crippen LogP) is 2.79. The molecule has 0 saturated heterocycles. The molecule has 15 heteroatoms. The van der Waals surface area contributed by atoms with Gasteiger partial charge in [0, 0.05) is 19.5 Å². The molecule has 0 radical (unpaired) electrons. The molecule has 43 heavy (non-hydrogen) atoms. The minimum absolute atomic E-state index is 0. The number of amides is 1. The largest absolute Gasteiger partial charge is 0.495 e. The number of ether oxygens (including phenoxy) is 1. The Labute approximate surface area is 265 Å². The Bertz CT molecular complexity index is 1510. The van der Waals surface area contributed by atoms with Crippen LogP contribution in [0.3, 0.4) is 0 Å². The van der Waals surface area contributed by atoms with Crippen molar-refractivity contribution in [3.63, 3.8) is 0 Å². The van der Waals surface area contributed by atoms with Crippen molar-refractivity contribution in [2.75, 3.05) is 11.6 Å². The number of aromatic nitrogens is 1. The van der Waals surface area contributed by atoms with Crippen molar-refractivity contribution in [1.82, 2.24) is 9.71 Å². The number of nitriles is 1. The van der Waals surface area contributed by atoms with Crippen LogP contribution in [-0.4, -0.2) is 54.9 Å². The first-order valence-corrected chi connectivity index (χ1v) is 15.2. The zero-order valence-electron chi connectivity index (χ0n) is 25.8. The maximum absolute atomic E-state index is 13.3. The quantitative estimate of drug-likeness (QED) is 0.169. The number of sulfonamides is 1. The van der Waals surface area contributed by atoms with Crippen LogP contribution in [0.4, 0.5) is 5.82 Å². The maximum Gasteiger partial charge on any atom is 0.314 e. The number of carbonyl (C=O) groups is 2. The third-order valence-electron chi connectivity index (χ3n) is 7.31. The third kappa shape index (κ3) is 9.16. The summed E-state index contributed by atoms with van der Waals surface area (Å²) in [6.07, 6.45) is 4.36. The summed E-state index contributed by atoms with van der Waals surface area (Å²) in [6, 6.07) is 0.961. The van der Waals surface area contributed by atoms with E-state index in [-0.39, 0.29) is 71.7 Å². The molecule has 1 amide bonds. The summed E-state index contributed by atoms with van der Waals surface area (Å²) < 4.78 is 31.1. The number of nitrogens with zero attached hydrogens (tertiary/aromatic N) is 4. The van der Waals surface area contributed by atoms with Crippen LogP contribution in [0, 0.1) is 41.9 Å². The second-order valence-corrected chi connectivity index (χ2v) is 12.9. The molecule has 13 nitrogen and oxygen atoms in total. The van der Waals surface area contributed by atoms with Crippen molar-refractivity contribution >= 4 is 45.5 Å². The van der Waals surface area contributed by atoms with Gasteiger partial charge in [-0.1, -0.05) is 20.8 Å². The number of amidine groups is 1. The second kappa shape index (κ2) is 15.0. The van der Waals surface area contributed by atoms with Crippen molar-refractivity contribution in [3.05, 3.63) is 28.1 Å². The molecule has 1 aliphatic heterocycles. The Morgan fingerprint density at radius 2 is 1.81 bits per heavy atom. The summed E-state index contributed by atoms with van der Waals surface area (Å²) in [4.78, 5) is 38.1. The van der Waals surface area contributed by atoms with Crippen LogP contribution in [0.5, 0.6) is 5.75 Å². The zero-order chi connectivity index (χ0) is 30.8. The topological polar surface area (TPSA) is 216 Å². The maximum atomic E-state index is 13.3. The summed E-state index contributed by atoms with van der Waals surface area (Å²) in [5, 5.41) is 22.7. The van der Waals surface area contributed by atoms with Crippen LogP contribution >= 0.6 is 0 Å². The summed E-state index contributed by atoms with van der Waals surface area (Å²) in [5.74, 6) is -0.654. The van der Waals surface area contributed by atoms with Gasteiger partial charge in [-0.3, -0.25) is 9.59 Å². The first-order chi connectivity index (χ1) is 19.0. The SMILES string of the molecule is CC(=O)Nc1[n-]c(/C=C2\N=C(N=C(O)C(C)NS(C)(=O)=O)C(C#N)=C2C)c(C)c1OC(=O)C1C(C)CC(C)CC1C.O.[Zn]. The minimum Gasteiger partial charge on any atom is -0.495 e. The molecule has 2 heterocycles. The van der Waals surface area contributed by atoms with Crippen LogP contribution < -0.4 is 19.8 Å². The number of anilines is 1. The van der Waals surface area contributed by atoms with Gasteiger partial charge in [0.1, 0.15) is 23.3 Å². The van der Waals surface area contributed by atoms with Crippen molar-refractivity contribution in [2.45, 2.75) is 67.3 Å². The number of esters is 1. The predicted molar refractivity (Wildman–Crippen MR) is 159 cm³/mol. The number of hydrogen-bond donors (Lipinski definition) is 3. The smallest absolute Gasteiger partial charge is 0.314 e. The average Bonchev–Trinajstić information content (AvgIpc) is 3.27. The molecule has 3 atom stereocenters. The van der Waals surface area contributed by atoms with E-state index >= 15 is 0 Å². The summed E-state index contributed by atoms with van der Waals surface area (Å²) in [6.45, 7) is 12.3. The van der Waals surface area contributed by atoms with E-state index in [1.807, 2.05) is 6.07 Å². The van der Waals surface area contributed by atoms with E-state index in [0.29, 0.717) is 28.4 Å². The van der Waals surface area contributed by atoms with Gasteiger partial charge in [0.2, 0.25) is 15.9 Å². The van der Waals surface area contributed by atoms with Crippen molar-refractivity contribution in [3.8, 4) is 11.8 Å². The fourth-order valence-electron chi connectivity index (χ4n) is 5.53. The minimum atomic E-state index is -3.62. The van der Waals surface area contributed by atoms with Gasteiger partial charge >= 0.3 is 5.97 Å². The number of aliphatic imine (C=N–C) groups is 2. The molecule has 1 saturated carbocycles. The summed E-state index contributed by atoms with van der Waals surface area (Å²) >= 11 is 0. The van der Waals surface area contributed by atoms with E-state index in [1.165, 1.54) is 13.8 Å². The van der Waals surface area contributed by atoms with Gasteiger partial charge in [0.25, 0.3) is 0 Å². The molecule has 5 N–H and O–H groups in total. The monoisotopic (exact) mass is 667 g/mol. The van der Waals surface area contributed by atoms with Crippen LogP contribution in [0.15, 0.2) is 26.8 Å². The van der Waals surface area contributed by atoms with Gasteiger partial charge in [-0.15, -0.1) is 0 Å². The molecule has 1 fully saturated rings. The Hall–Kier alpha value is -3.18. The molecule has 1 aromatic heterocycles. The first-order valence-electron chi connectivity index (χ1n) is 13.4. The van der Waals surface area contributed by atoms with Gasteiger partial charge in [-0.25, -0.2) is 18.1 Å². The van der Waals surface area contributed by atoms with Crippen molar-refractivity contribution in [2.24, 2.45) is 33.7 Å². The summed E-state index contributed by atoms with van der Waals surface area (Å²) in [5.41, 5.74) is 1.69. The van der Waals surface area contributed by atoms with Crippen LogP contribution in [0.1, 0.15) is 65.6 Å². The molecule has 232 valence electrons. The van der Waals surface area contributed by atoms with Gasteiger partial charge in [0.05, 0.1) is 23.9 Å². The zero-order valence-corrected chi connectivity index (χ0v) is 29.6. The number of aliphatic hydroxyl groups excluding tert-OH is 1. The van der Waals surface area contributed by atoms with Crippen molar-refractivity contribution in [1.29, 1.82) is 5.26 Å². The van der Waals surface area contributed by atoms with E-state index < -0.39 is 27.9 Å². The van der Waals surface area contributed by atoms with E-state index in [1.54, 1.807) is 19.9 Å². The Kier molecular flexibility index (Phi) is 13.2. The number of carbonyl (C=O) groups excluding carboxylic acids is 2. The van der Waals surface area contributed by atoms with Crippen LogP contribution in [0.25, 0.3) is 6.08 Å². The molecular formula is C28H39N6O7SZn-. The van der Waals surface area contributed by atoms with E-state index in [4.69, 9.17) is 4.74 Å². The number of allylic oxidation sites excluding steroid dienone is 1. The van der Waals surface area contributed by atoms with E-state index in [2.05, 4.69) is 45.8 Å². The van der Waals surface area contributed by atoms with E-state index in [0.717, 1.165) is 19.1 Å². The Morgan fingerprint density at radius 3 is 2.33 bits per heavy atom. The Morgan fingerprint density at radius 1 is 1.23 bits per heavy atom. The third-order valence-corrected chi connectivity index (χ3v) is 8.09. The molecule has 2 aliphatic rings. The fraction of sp³-hybridized carbons (Fsp3) is 0.536. The molecule has 0 bridgehead atoms. The first kappa shape index (κ1) is 37.8. The van der Waals surface area contributed by atoms with Gasteiger partial charge in [0.15, 0.2) is 5.84 Å². The number of hydrogen-bond acceptors (Lipinski definition) is 8. The Balaban J connectivity index is 0.00000462. The fourth-order valence-corrected chi connectivity index (χ4v) is 6.28. The van der Waals surface area contributed by atoms with Gasteiger partial charge in [-0.05, 0) is 87.0 Å². The van der Waals surface area contributed by atoms with Crippen LogP contribution in [-0.2, 0) is 39.1 Å². The molecule has 1 aromatic rings. The van der Waals surface area contributed by atoms with Crippen LogP contribution in [0.2, 0.25) is 0 Å². The number of aliphatic hydroxyl groups is 1. The molecule has 3 rings (SSSR count). The normalized spacial score (nSPS) is 23.9.